The predicted octanol–water partition coefficient (Wildman–Crippen LogP) is 0.538. The molecule has 2 amide bonds. The largest absolute Gasteiger partial charge is 0.508 e. The molecule has 1 aliphatic rings. The van der Waals surface area contributed by atoms with Crippen molar-refractivity contribution in [2.24, 2.45) is 5.73 Å². The van der Waals surface area contributed by atoms with Crippen LogP contribution in [0.1, 0.15) is 42.3 Å². The summed E-state index contributed by atoms with van der Waals surface area (Å²) in [6.45, 7) is 2.52. The van der Waals surface area contributed by atoms with Gasteiger partial charge < -0.3 is 35.9 Å². The van der Waals surface area contributed by atoms with Gasteiger partial charge in [0.05, 0.1) is 6.04 Å². The van der Waals surface area contributed by atoms with E-state index in [1.807, 2.05) is 0 Å². The fourth-order valence-corrected chi connectivity index (χ4v) is 3.14. The van der Waals surface area contributed by atoms with Crippen molar-refractivity contribution in [1.82, 2.24) is 25.7 Å². The average Bonchev–Trinajstić information content (AvgIpc) is 3.23. The van der Waals surface area contributed by atoms with Crippen LogP contribution in [-0.4, -0.2) is 63.5 Å². The topological polar surface area (TPSA) is 167 Å². The van der Waals surface area contributed by atoms with E-state index in [2.05, 4.69) is 20.8 Å². The standard InChI is InChI=1S/C19H26N6O5/c20-14(11-12-1-3-13(26)4-2-12)17-23-24-18(30-17)15(5-6-16(27)28)22-19(29)25-9-7-21-8-10-25/h1-4,14-15,21,26H,5-11,20H2,(H,22,29)(H,27,28)/t14-,15-/m0/s1. The number of carboxylic acid groups (broad SMARTS) is 1. The van der Waals surface area contributed by atoms with E-state index in [-0.39, 0.29) is 36.4 Å². The zero-order chi connectivity index (χ0) is 21.5. The highest BCUT2D eigenvalue weighted by atomic mass is 16.4. The van der Waals surface area contributed by atoms with E-state index in [0.717, 1.165) is 5.56 Å². The SMILES string of the molecule is N[C@@H](Cc1ccc(O)cc1)c1nnc([C@H](CCC(=O)O)NC(=O)N2CCNCC2)o1. The average molecular weight is 418 g/mol. The monoisotopic (exact) mass is 418 g/mol. The maximum absolute atomic E-state index is 12.5. The number of aromatic hydroxyl groups is 1. The molecule has 2 heterocycles. The Morgan fingerprint density at radius 3 is 2.53 bits per heavy atom. The van der Waals surface area contributed by atoms with Gasteiger partial charge in [0.25, 0.3) is 0 Å². The Morgan fingerprint density at radius 1 is 1.20 bits per heavy atom. The zero-order valence-corrected chi connectivity index (χ0v) is 16.5. The minimum Gasteiger partial charge on any atom is -0.508 e. The normalized spacial score (nSPS) is 16.1. The molecule has 2 aromatic rings. The maximum atomic E-state index is 12.5. The summed E-state index contributed by atoms with van der Waals surface area (Å²) in [4.78, 5) is 25.2. The van der Waals surface area contributed by atoms with E-state index < -0.39 is 18.1 Å². The lowest BCUT2D eigenvalue weighted by Crippen LogP contribution is -2.50. The molecule has 1 aromatic heterocycles. The predicted molar refractivity (Wildman–Crippen MR) is 106 cm³/mol. The Bertz CT molecular complexity index is 849. The summed E-state index contributed by atoms with van der Waals surface area (Å²) in [5, 5.41) is 32.3. The molecule has 1 aromatic carbocycles. The molecule has 2 atom stereocenters. The van der Waals surface area contributed by atoms with Gasteiger partial charge in [-0.05, 0) is 30.5 Å². The second-order valence-electron chi connectivity index (χ2n) is 7.13. The third-order valence-corrected chi connectivity index (χ3v) is 4.81. The number of aliphatic carboxylic acids is 1. The summed E-state index contributed by atoms with van der Waals surface area (Å²) >= 11 is 0. The van der Waals surface area contributed by atoms with Gasteiger partial charge in [-0.25, -0.2) is 4.79 Å². The van der Waals surface area contributed by atoms with Crippen molar-refractivity contribution in [1.29, 1.82) is 0 Å². The number of nitrogens with zero attached hydrogens (tertiary/aromatic N) is 3. The minimum absolute atomic E-state index is 0.113. The molecule has 6 N–H and O–H groups in total. The van der Waals surface area contributed by atoms with Crippen LogP contribution in [-0.2, 0) is 11.2 Å². The molecule has 1 saturated heterocycles. The molecule has 11 nitrogen and oxygen atoms in total. The van der Waals surface area contributed by atoms with E-state index in [4.69, 9.17) is 15.3 Å². The van der Waals surface area contributed by atoms with E-state index >= 15 is 0 Å². The molecule has 30 heavy (non-hydrogen) atoms. The highest BCUT2D eigenvalue weighted by Crippen LogP contribution is 2.22. The summed E-state index contributed by atoms with van der Waals surface area (Å²) in [5.74, 6) is -0.514. The number of phenols is 1. The number of carbonyl (C=O) groups is 2. The fraction of sp³-hybridized carbons (Fsp3) is 0.474. The quantitative estimate of drug-likeness (QED) is 0.411. The number of urea groups is 1. The van der Waals surface area contributed by atoms with Crippen molar-refractivity contribution in [2.45, 2.75) is 31.3 Å². The number of piperazine rings is 1. The van der Waals surface area contributed by atoms with Gasteiger partial charge in [0, 0.05) is 32.6 Å². The van der Waals surface area contributed by atoms with Gasteiger partial charge in [0.15, 0.2) is 0 Å². The number of carboxylic acids is 1. The van der Waals surface area contributed by atoms with E-state index in [1.54, 1.807) is 29.2 Å². The summed E-state index contributed by atoms with van der Waals surface area (Å²) < 4.78 is 5.69. The third kappa shape index (κ3) is 5.91. The van der Waals surface area contributed by atoms with Crippen LogP contribution in [0.3, 0.4) is 0 Å². The number of benzene rings is 1. The lowest BCUT2D eigenvalue weighted by Gasteiger charge is -2.29. The smallest absolute Gasteiger partial charge is 0.318 e. The van der Waals surface area contributed by atoms with Crippen LogP contribution in [0.15, 0.2) is 28.7 Å². The van der Waals surface area contributed by atoms with Crippen LogP contribution < -0.4 is 16.4 Å². The lowest BCUT2D eigenvalue weighted by atomic mass is 10.1. The second kappa shape index (κ2) is 10.0. The van der Waals surface area contributed by atoms with Gasteiger partial charge in [-0.3, -0.25) is 4.79 Å². The van der Waals surface area contributed by atoms with Crippen molar-refractivity contribution in [3.8, 4) is 5.75 Å². The molecule has 0 saturated carbocycles. The summed E-state index contributed by atoms with van der Waals surface area (Å²) in [6, 6.07) is 5.00. The second-order valence-corrected chi connectivity index (χ2v) is 7.13. The van der Waals surface area contributed by atoms with Crippen molar-refractivity contribution in [3.05, 3.63) is 41.6 Å². The Kier molecular flexibility index (Phi) is 7.20. The number of hydrogen-bond donors (Lipinski definition) is 5. The fourth-order valence-electron chi connectivity index (χ4n) is 3.14. The Morgan fingerprint density at radius 2 is 1.87 bits per heavy atom. The van der Waals surface area contributed by atoms with Gasteiger partial charge >= 0.3 is 12.0 Å². The van der Waals surface area contributed by atoms with E-state index in [0.29, 0.717) is 32.6 Å². The van der Waals surface area contributed by atoms with E-state index in [1.165, 1.54) is 0 Å². The molecular formula is C19H26N6O5. The first-order valence-corrected chi connectivity index (χ1v) is 9.77. The Hall–Kier alpha value is -3.18. The van der Waals surface area contributed by atoms with Crippen molar-refractivity contribution >= 4 is 12.0 Å². The molecule has 0 aliphatic carbocycles. The first-order chi connectivity index (χ1) is 14.4. The van der Waals surface area contributed by atoms with Gasteiger partial charge in [0.1, 0.15) is 11.8 Å². The van der Waals surface area contributed by atoms with Gasteiger partial charge in [-0.2, -0.15) is 0 Å². The highest BCUT2D eigenvalue weighted by Gasteiger charge is 2.26. The van der Waals surface area contributed by atoms with Crippen LogP contribution in [0, 0.1) is 0 Å². The molecule has 1 aliphatic heterocycles. The highest BCUT2D eigenvalue weighted by molar-refractivity contribution is 5.75. The lowest BCUT2D eigenvalue weighted by molar-refractivity contribution is -0.137. The summed E-state index contributed by atoms with van der Waals surface area (Å²) in [5.41, 5.74) is 7.05. The zero-order valence-electron chi connectivity index (χ0n) is 16.5. The Labute approximate surface area is 173 Å². The third-order valence-electron chi connectivity index (χ3n) is 4.81. The number of phenolic OH excluding ortho intramolecular Hbond substituents is 1. The van der Waals surface area contributed by atoms with Crippen LogP contribution in [0.25, 0.3) is 0 Å². The molecular weight excluding hydrogens is 392 g/mol. The molecule has 11 heteroatoms. The maximum Gasteiger partial charge on any atom is 0.318 e. The van der Waals surface area contributed by atoms with E-state index in [9.17, 15) is 14.7 Å². The molecule has 0 unspecified atom stereocenters. The van der Waals surface area contributed by atoms with Gasteiger partial charge in [0.2, 0.25) is 11.8 Å². The first-order valence-electron chi connectivity index (χ1n) is 9.77. The molecule has 162 valence electrons. The van der Waals surface area contributed by atoms with Crippen molar-refractivity contribution < 1.29 is 24.2 Å². The Balaban J connectivity index is 1.68. The number of rotatable bonds is 8. The number of hydrogen-bond acceptors (Lipinski definition) is 8. The van der Waals surface area contributed by atoms with Crippen LogP contribution in [0.2, 0.25) is 0 Å². The van der Waals surface area contributed by atoms with Crippen molar-refractivity contribution in [2.75, 3.05) is 26.2 Å². The van der Waals surface area contributed by atoms with Crippen LogP contribution >= 0.6 is 0 Å². The first kappa shape index (κ1) is 21.5. The molecule has 1 fully saturated rings. The van der Waals surface area contributed by atoms with Crippen molar-refractivity contribution in [3.63, 3.8) is 0 Å². The molecule has 0 radical (unpaired) electrons. The minimum atomic E-state index is -0.986. The number of nitrogens with two attached hydrogens (primary N) is 1. The van der Waals surface area contributed by atoms with Gasteiger partial charge in [-0.15, -0.1) is 10.2 Å². The number of carbonyl (C=O) groups excluding carboxylic acids is 1. The molecule has 3 rings (SSSR count). The molecule has 0 spiro atoms. The van der Waals surface area contributed by atoms with Crippen LogP contribution in [0.4, 0.5) is 4.79 Å². The van der Waals surface area contributed by atoms with Gasteiger partial charge in [-0.1, -0.05) is 12.1 Å². The number of amides is 2. The molecule has 0 bridgehead atoms. The number of aromatic nitrogens is 2. The number of nitrogens with one attached hydrogen (secondary N) is 2. The summed E-state index contributed by atoms with van der Waals surface area (Å²) in [6.07, 6.45) is 0.362. The van der Waals surface area contributed by atoms with Crippen LogP contribution in [0.5, 0.6) is 5.75 Å². The summed E-state index contributed by atoms with van der Waals surface area (Å²) in [7, 11) is 0.